The first-order valence-electron chi connectivity index (χ1n) is 6.63. The minimum absolute atomic E-state index is 0.0261. The molecule has 1 aliphatic rings. The molecule has 1 amide bonds. The molecule has 1 fully saturated rings. The molecule has 0 aliphatic carbocycles. The lowest BCUT2D eigenvalue weighted by atomic mass is 10.1. The van der Waals surface area contributed by atoms with E-state index in [1.165, 1.54) is 5.56 Å². The highest BCUT2D eigenvalue weighted by molar-refractivity contribution is 5.82. The average molecular weight is 257 g/mol. The fraction of sp³-hybridized carbons (Fsp3) is 0.467. The van der Waals surface area contributed by atoms with Crippen LogP contribution in [-0.4, -0.2) is 29.9 Å². The summed E-state index contributed by atoms with van der Waals surface area (Å²) in [6, 6.07) is 11.9. The second-order valence-corrected chi connectivity index (χ2v) is 5.14. The van der Waals surface area contributed by atoms with Crippen LogP contribution in [0, 0.1) is 17.2 Å². The first-order chi connectivity index (χ1) is 9.20. The molecular weight excluding hydrogens is 238 g/mol. The van der Waals surface area contributed by atoms with Crippen molar-refractivity contribution in [2.45, 2.75) is 25.9 Å². The fourth-order valence-corrected chi connectivity index (χ4v) is 2.45. The summed E-state index contributed by atoms with van der Waals surface area (Å²) in [7, 11) is 0. The molecule has 19 heavy (non-hydrogen) atoms. The summed E-state index contributed by atoms with van der Waals surface area (Å²) in [5.41, 5.74) is 1.17. The van der Waals surface area contributed by atoms with Gasteiger partial charge < -0.3 is 5.32 Å². The van der Waals surface area contributed by atoms with Crippen LogP contribution in [0.4, 0.5) is 0 Å². The zero-order valence-electron chi connectivity index (χ0n) is 11.2. The Morgan fingerprint density at radius 1 is 1.42 bits per heavy atom. The normalized spacial score (nSPS) is 24.3. The molecule has 2 rings (SSSR count). The third-order valence-corrected chi connectivity index (χ3v) is 3.43. The van der Waals surface area contributed by atoms with Crippen LogP contribution in [0.2, 0.25) is 0 Å². The van der Waals surface area contributed by atoms with Gasteiger partial charge in [0.05, 0.1) is 12.5 Å². The number of nitrogens with one attached hydrogen (secondary N) is 1. The molecule has 0 saturated carbocycles. The summed E-state index contributed by atoms with van der Waals surface area (Å²) in [6.07, 6.45) is 0.241. The van der Waals surface area contributed by atoms with Crippen LogP contribution in [0.25, 0.3) is 0 Å². The summed E-state index contributed by atoms with van der Waals surface area (Å²) in [5, 5.41) is 11.8. The maximum atomic E-state index is 12.0. The first kappa shape index (κ1) is 13.6. The smallest absolute Gasteiger partial charge is 0.238 e. The Kier molecular flexibility index (Phi) is 4.53. The van der Waals surface area contributed by atoms with Gasteiger partial charge in [-0.15, -0.1) is 0 Å². The third kappa shape index (κ3) is 3.55. The van der Waals surface area contributed by atoms with E-state index in [9.17, 15) is 4.79 Å². The highest BCUT2D eigenvalue weighted by atomic mass is 16.2. The Hall–Kier alpha value is -1.86. The van der Waals surface area contributed by atoms with Gasteiger partial charge in [0.1, 0.15) is 6.04 Å². The van der Waals surface area contributed by atoms with Gasteiger partial charge in [0.15, 0.2) is 0 Å². The van der Waals surface area contributed by atoms with Crippen molar-refractivity contribution in [3.05, 3.63) is 35.9 Å². The summed E-state index contributed by atoms with van der Waals surface area (Å²) in [5.74, 6) is 0.373. The standard InChI is InChI=1S/C15H19N3O/c1-12-9-17-15(19)14(7-8-16)18(10-12)11-13-5-3-2-4-6-13/h2-6,12,14H,7,9-11H2,1H3,(H,17,19). The lowest BCUT2D eigenvalue weighted by Gasteiger charge is -2.27. The SMILES string of the molecule is CC1CNC(=O)C(CC#N)N(Cc2ccccc2)C1. The van der Waals surface area contributed by atoms with Crippen LogP contribution in [0.3, 0.4) is 0 Å². The van der Waals surface area contributed by atoms with Crippen LogP contribution in [-0.2, 0) is 11.3 Å². The number of carbonyl (C=O) groups is 1. The van der Waals surface area contributed by atoms with Gasteiger partial charge in [0.2, 0.25) is 5.91 Å². The first-order valence-corrected chi connectivity index (χ1v) is 6.63. The van der Waals surface area contributed by atoms with Crippen molar-refractivity contribution in [3.8, 4) is 6.07 Å². The Balaban J connectivity index is 2.17. The highest BCUT2D eigenvalue weighted by Crippen LogP contribution is 2.16. The Morgan fingerprint density at radius 2 is 2.16 bits per heavy atom. The molecule has 1 aromatic carbocycles. The van der Waals surface area contributed by atoms with Gasteiger partial charge in [-0.3, -0.25) is 9.69 Å². The topological polar surface area (TPSA) is 56.1 Å². The van der Waals surface area contributed by atoms with Crippen molar-refractivity contribution >= 4 is 5.91 Å². The molecule has 2 unspecified atom stereocenters. The predicted molar refractivity (Wildman–Crippen MR) is 73.0 cm³/mol. The van der Waals surface area contributed by atoms with Gasteiger partial charge in [-0.25, -0.2) is 0 Å². The monoisotopic (exact) mass is 257 g/mol. The maximum Gasteiger partial charge on any atom is 0.238 e. The Bertz CT molecular complexity index is 466. The Labute approximate surface area is 114 Å². The van der Waals surface area contributed by atoms with E-state index >= 15 is 0 Å². The molecule has 1 aliphatic heterocycles. The molecule has 1 heterocycles. The fourth-order valence-electron chi connectivity index (χ4n) is 2.45. The highest BCUT2D eigenvalue weighted by Gasteiger charge is 2.30. The molecule has 0 radical (unpaired) electrons. The van der Waals surface area contributed by atoms with E-state index in [0.29, 0.717) is 19.0 Å². The van der Waals surface area contributed by atoms with Crippen molar-refractivity contribution in [1.82, 2.24) is 10.2 Å². The number of benzene rings is 1. The molecule has 1 N–H and O–H groups in total. The third-order valence-electron chi connectivity index (χ3n) is 3.43. The van der Waals surface area contributed by atoms with Crippen molar-refractivity contribution in [3.63, 3.8) is 0 Å². The zero-order valence-corrected chi connectivity index (χ0v) is 11.2. The number of carbonyl (C=O) groups excluding carboxylic acids is 1. The lowest BCUT2D eigenvalue weighted by molar-refractivity contribution is -0.125. The van der Waals surface area contributed by atoms with Crippen LogP contribution < -0.4 is 5.32 Å². The summed E-state index contributed by atoms with van der Waals surface area (Å²) >= 11 is 0. The van der Waals surface area contributed by atoms with Gasteiger partial charge in [0, 0.05) is 19.6 Å². The van der Waals surface area contributed by atoms with Crippen molar-refractivity contribution in [2.24, 2.45) is 5.92 Å². The van der Waals surface area contributed by atoms with E-state index in [-0.39, 0.29) is 18.4 Å². The van der Waals surface area contributed by atoms with Crippen molar-refractivity contribution < 1.29 is 4.79 Å². The minimum atomic E-state index is -0.338. The van der Waals surface area contributed by atoms with E-state index in [0.717, 1.165) is 6.54 Å². The molecule has 2 atom stereocenters. The molecule has 1 saturated heterocycles. The van der Waals surface area contributed by atoms with Crippen molar-refractivity contribution in [2.75, 3.05) is 13.1 Å². The van der Waals surface area contributed by atoms with Gasteiger partial charge in [0.25, 0.3) is 0 Å². The van der Waals surface area contributed by atoms with Gasteiger partial charge in [-0.1, -0.05) is 37.3 Å². The molecule has 0 aromatic heterocycles. The van der Waals surface area contributed by atoms with Gasteiger partial charge >= 0.3 is 0 Å². The van der Waals surface area contributed by atoms with E-state index < -0.39 is 0 Å². The number of amides is 1. The number of rotatable bonds is 3. The van der Waals surface area contributed by atoms with Gasteiger partial charge in [-0.2, -0.15) is 5.26 Å². The van der Waals surface area contributed by atoms with Crippen LogP contribution in [0.15, 0.2) is 30.3 Å². The summed E-state index contributed by atoms with van der Waals surface area (Å²) in [6.45, 7) is 4.35. The quantitative estimate of drug-likeness (QED) is 0.893. The second-order valence-electron chi connectivity index (χ2n) is 5.14. The number of nitriles is 1. The molecule has 0 spiro atoms. The van der Waals surface area contributed by atoms with E-state index in [2.05, 4.69) is 35.3 Å². The van der Waals surface area contributed by atoms with Crippen LogP contribution in [0.1, 0.15) is 18.9 Å². The Morgan fingerprint density at radius 3 is 2.84 bits per heavy atom. The largest absolute Gasteiger partial charge is 0.354 e. The molecule has 4 nitrogen and oxygen atoms in total. The molecule has 4 heteroatoms. The zero-order chi connectivity index (χ0) is 13.7. The summed E-state index contributed by atoms with van der Waals surface area (Å²) < 4.78 is 0. The minimum Gasteiger partial charge on any atom is -0.354 e. The maximum absolute atomic E-state index is 12.0. The molecular formula is C15H19N3O. The van der Waals surface area contributed by atoms with Crippen molar-refractivity contribution in [1.29, 1.82) is 5.26 Å². The number of hydrogen-bond donors (Lipinski definition) is 1. The lowest BCUT2D eigenvalue weighted by Crippen LogP contribution is -2.43. The van der Waals surface area contributed by atoms with Gasteiger partial charge in [-0.05, 0) is 11.5 Å². The molecule has 100 valence electrons. The van der Waals surface area contributed by atoms with E-state index in [4.69, 9.17) is 5.26 Å². The average Bonchev–Trinajstić information content (AvgIpc) is 2.54. The van der Waals surface area contributed by atoms with Crippen LogP contribution >= 0.6 is 0 Å². The number of hydrogen-bond acceptors (Lipinski definition) is 3. The van der Waals surface area contributed by atoms with E-state index in [1.54, 1.807) is 0 Å². The molecule has 0 bridgehead atoms. The predicted octanol–water partition coefficient (Wildman–Crippen LogP) is 1.54. The summed E-state index contributed by atoms with van der Waals surface area (Å²) in [4.78, 5) is 14.2. The van der Waals surface area contributed by atoms with Crippen LogP contribution in [0.5, 0.6) is 0 Å². The second kappa shape index (κ2) is 6.35. The molecule has 1 aromatic rings. The number of nitrogens with zero attached hydrogens (tertiary/aromatic N) is 2. The van der Waals surface area contributed by atoms with E-state index in [1.807, 2.05) is 18.2 Å².